The molecule has 1 saturated heterocycles. The number of carboxylic acids is 1. The second kappa shape index (κ2) is 5.12. The van der Waals surface area contributed by atoms with E-state index in [2.05, 4.69) is 5.32 Å². The van der Waals surface area contributed by atoms with Crippen LogP contribution < -0.4 is 5.32 Å². The largest absolute Gasteiger partial charge is 0.481 e. The molecule has 3 nitrogen and oxygen atoms in total. The first-order chi connectivity index (χ1) is 7.79. The summed E-state index contributed by atoms with van der Waals surface area (Å²) < 4.78 is 0. The van der Waals surface area contributed by atoms with E-state index in [1.54, 1.807) is 0 Å². The summed E-state index contributed by atoms with van der Waals surface area (Å²) in [5, 5.41) is 12.7. The van der Waals surface area contributed by atoms with E-state index in [9.17, 15) is 9.90 Å². The second-order valence-electron chi connectivity index (χ2n) is 4.28. The van der Waals surface area contributed by atoms with Gasteiger partial charge in [0.25, 0.3) is 0 Å². The molecular formula is C13H17NO2. The lowest BCUT2D eigenvalue weighted by atomic mass is 9.96. The van der Waals surface area contributed by atoms with Gasteiger partial charge in [-0.05, 0) is 24.9 Å². The van der Waals surface area contributed by atoms with Crippen LogP contribution in [0.1, 0.15) is 30.7 Å². The lowest BCUT2D eigenvalue weighted by molar-refractivity contribution is -0.139. The van der Waals surface area contributed by atoms with Gasteiger partial charge in [0.15, 0.2) is 0 Å². The molecular weight excluding hydrogens is 208 g/mol. The maximum Gasteiger partial charge on any atom is 0.312 e. The average Bonchev–Trinajstić information content (AvgIpc) is 2.31. The van der Waals surface area contributed by atoms with Crippen LogP contribution in [0.5, 0.6) is 0 Å². The minimum Gasteiger partial charge on any atom is -0.481 e. The van der Waals surface area contributed by atoms with E-state index in [4.69, 9.17) is 0 Å². The van der Waals surface area contributed by atoms with Crippen molar-refractivity contribution < 1.29 is 9.90 Å². The van der Waals surface area contributed by atoms with Crippen molar-refractivity contribution in [2.24, 2.45) is 0 Å². The molecule has 16 heavy (non-hydrogen) atoms. The van der Waals surface area contributed by atoms with Crippen molar-refractivity contribution in [2.45, 2.75) is 31.2 Å². The molecule has 2 N–H and O–H groups in total. The fourth-order valence-electron chi connectivity index (χ4n) is 2.37. The normalized spacial score (nSPS) is 22.6. The highest BCUT2D eigenvalue weighted by Gasteiger charge is 2.30. The highest BCUT2D eigenvalue weighted by molar-refractivity contribution is 5.77. The van der Waals surface area contributed by atoms with E-state index in [1.807, 2.05) is 30.3 Å². The average molecular weight is 225 g/mol. The molecule has 2 atom stereocenters. The maximum absolute atomic E-state index is 11.4. The number of carboxylic acid groups (broad SMARTS) is 1. The van der Waals surface area contributed by atoms with Crippen molar-refractivity contribution in [1.29, 1.82) is 0 Å². The number of aliphatic carboxylic acids is 1. The fraction of sp³-hybridized carbons (Fsp3) is 0.462. The number of nitrogens with one attached hydrogen (secondary N) is 1. The summed E-state index contributed by atoms with van der Waals surface area (Å²) in [7, 11) is 0. The Labute approximate surface area is 95.5 Å². The summed E-state index contributed by atoms with van der Waals surface area (Å²) in [6.45, 7) is 0.932. The van der Waals surface area contributed by atoms with Gasteiger partial charge in [-0.15, -0.1) is 0 Å². The van der Waals surface area contributed by atoms with Gasteiger partial charge in [-0.1, -0.05) is 36.8 Å². The first-order valence-corrected chi connectivity index (χ1v) is 5.80. The number of benzene rings is 1. The number of piperidine rings is 1. The zero-order valence-corrected chi connectivity index (χ0v) is 9.23. The Morgan fingerprint density at radius 2 is 2.06 bits per heavy atom. The smallest absolute Gasteiger partial charge is 0.312 e. The van der Waals surface area contributed by atoms with Gasteiger partial charge in [0.2, 0.25) is 0 Å². The minimum absolute atomic E-state index is 0.0775. The zero-order chi connectivity index (χ0) is 11.4. The summed E-state index contributed by atoms with van der Waals surface area (Å²) in [5.41, 5.74) is 0.898. The molecule has 1 aromatic carbocycles. The molecule has 3 heteroatoms. The molecule has 0 aromatic heterocycles. The second-order valence-corrected chi connectivity index (χ2v) is 4.28. The van der Waals surface area contributed by atoms with Gasteiger partial charge in [-0.2, -0.15) is 0 Å². The summed E-state index contributed by atoms with van der Waals surface area (Å²) in [6, 6.07) is 9.58. The van der Waals surface area contributed by atoms with Crippen LogP contribution in [0.15, 0.2) is 30.3 Å². The van der Waals surface area contributed by atoms with Crippen molar-refractivity contribution in [2.75, 3.05) is 6.54 Å². The third-order valence-corrected chi connectivity index (χ3v) is 3.18. The summed E-state index contributed by atoms with van der Waals surface area (Å²) in [5.74, 6) is -1.15. The molecule has 2 unspecified atom stereocenters. The van der Waals surface area contributed by atoms with Crippen LogP contribution >= 0.6 is 0 Å². The van der Waals surface area contributed by atoms with Crippen LogP contribution in [0.25, 0.3) is 0 Å². The molecule has 1 aliphatic heterocycles. The Hall–Kier alpha value is -1.35. The van der Waals surface area contributed by atoms with E-state index in [1.165, 1.54) is 0 Å². The van der Waals surface area contributed by atoms with Gasteiger partial charge in [0, 0.05) is 6.04 Å². The van der Waals surface area contributed by atoms with Crippen LogP contribution in [-0.4, -0.2) is 23.7 Å². The van der Waals surface area contributed by atoms with E-state index < -0.39 is 11.9 Å². The summed E-state index contributed by atoms with van der Waals surface area (Å²) in [4.78, 5) is 11.4. The Balaban J connectivity index is 2.20. The van der Waals surface area contributed by atoms with Crippen LogP contribution in [0, 0.1) is 0 Å². The molecule has 86 valence electrons. The summed E-state index contributed by atoms with van der Waals surface area (Å²) in [6.07, 6.45) is 3.22. The van der Waals surface area contributed by atoms with Gasteiger partial charge in [-0.25, -0.2) is 0 Å². The van der Waals surface area contributed by atoms with Crippen molar-refractivity contribution >= 4 is 5.97 Å². The van der Waals surface area contributed by atoms with E-state index >= 15 is 0 Å². The van der Waals surface area contributed by atoms with Crippen molar-refractivity contribution in [3.8, 4) is 0 Å². The Morgan fingerprint density at radius 1 is 1.31 bits per heavy atom. The van der Waals surface area contributed by atoms with Crippen LogP contribution in [0.3, 0.4) is 0 Å². The number of hydrogen-bond acceptors (Lipinski definition) is 2. The number of rotatable bonds is 3. The molecule has 0 bridgehead atoms. The highest BCUT2D eigenvalue weighted by Crippen LogP contribution is 2.25. The molecule has 1 aliphatic rings. The van der Waals surface area contributed by atoms with E-state index in [0.717, 1.165) is 31.4 Å². The lowest BCUT2D eigenvalue weighted by Gasteiger charge is -2.29. The zero-order valence-electron chi connectivity index (χ0n) is 9.23. The van der Waals surface area contributed by atoms with Crippen LogP contribution in [0.2, 0.25) is 0 Å². The quantitative estimate of drug-likeness (QED) is 0.827. The first kappa shape index (κ1) is 11.1. The molecule has 0 saturated carbocycles. The third kappa shape index (κ3) is 2.42. The number of carbonyl (C=O) groups is 1. The SMILES string of the molecule is O=C(O)C(C1CCCCN1)[13c]1[13cH][13cH][13cH][13cH][13cH]1. The molecule has 0 radical (unpaired) electrons. The molecule has 1 aromatic rings. The lowest BCUT2D eigenvalue weighted by Crippen LogP contribution is -2.41. The van der Waals surface area contributed by atoms with Crippen LogP contribution in [-0.2, 0) is 4.79 Å². The molecule has 0 spiro atoms. The first-order valence-electron chi connectivity index (χ1n) is 5.80. The van der Waals surface area contributed by atoms with Gasteiger partial charge in [0.05, 0.1) is 5.92 Å². The standard InChI is InChI=1S/C13H17NO2/c15-13(16)12(10-6-2-1-3-7-10)11-8-4-5-9-14-11/h1-3,6-7,11-12,14H,4-5,8-9H2,(H,15,16)/i1+1,2+1,3+1,6+1,7+1,10+1. The van der Waals surface area contributed by atoms with E-state index in [-0.39, 0.29) is 6.04 Å². The molecule has 1 fully saturated rings. The van der Waals surface area contributed by atoms with Gasteiger partial charge >= 0.3 is 5.97 Å². The van der Waals surface area contributed by atoms with E-state index in [0.29, 0.717) is 0 Å². The molecule has 1 heterocycles. The number of hydrogen-bond donors (Lipinski definition) is 2. The predicted octanol–water partition coefficient (Wildman–Crippen LogP) is 2.00. The Morgan fingerprint density at radius 3 is 2.62 bits per heavy atom. The maximum atomic E-state index is 11.4. The molecule has 0 aliphatic carbocycles. The monoisotopic (exact) mass is 225 g/mol. The third-order valence-electron chi connectivity index (χ3n) is 3.18. The predicted molar refractivity (Wildman–Crippen MR) is 62.5 cm³/mol. The Kier molecular flexibility index (Phi) is 3.57. The summed E-state index contributed by atoms with van der Waals surface area (Å²) >= 11 is 0. The van der Waals surface area contributed by atoms with Crippen molar-refractivity contribution in [3.63, 3.8) is 0 Å². The van der Waals surface area contributed by atoms with Crippen molar-refractivity contribution in [3.05, 3.63) is 35.9 Å². The van der Waals surface area contributed by atoms with Crippen LogP contribution in [0.4, 0.5) is 0 Å². The fourth-order valence-corrected chi connectivity index (χ4v) is 2.37. The van der Waals surface area contributed by atoms with Gasteiger partial charge in [0.1, 0.15) is 0 Å². The van der Waals surface area contributed by atoms with Gasteiger partial charge in [-0.3, -0.25) is 4.79 Å². The molecule has 0 amide bonds. The van der Waals surface area contributed by atoms with Gasteiger partial charge < -0.3 is 10.4 Å². The minimum atomic E-state index is -0.731. The Bertz CT molecular complexity index is 344. The topological polar surface area (TPSA) is 49.3 Å². The highest BCUT2D eigenvalue weighted by atomic mass is 16.4. The molecule has 2 rings (SSSR count). The van der Waals surface area contributed by atoms with Crippen molar-refractivity contribution in [1.82, 2.24) is 5.32 Å².